The summed E-state index contributed by atoms with van der Waals surface area (Å²) in [6.07, 6.45) is 16.5. The molecule has 0 amide bonds. The van der Waals surface area contributed by atoms with Crippen molar-refractivity contribution in [2.75, 3.05) is 0 Å². The zero-order valence-corrected chi connectivity index (χ0v) is 24.7. The zero-order valence-electron chi connectivity index (χ0n) is 21.7. The Morgan fingerprint density at radius 2 is 0.500 bits per heavy atom. The van der Waals surface area contributed by atoms with E-state index in [2.05, 4.69) is 55.5 Å². The molecular weight excluding hydrogens is 415 g/mol. The number of hydrogen-bond acceptors (Lipinski definition) is 3. The Labute approximate surface area is 193 Å². The van der Waals surface area contributed by atoms with E-state index in [9.17, 15) is 0 Å². The fraction of sp³-hybridized carbons (Fsp3) is 1.00. The summed E-state index contributed by atoms with van der Waals surface area (Å²) in [4.78, 5) is 0. The molecule has 1 saturated heterocycles. The van der Waals surface area contributed by atoms with Crippen LogP contribution in [0.3, 0.4) is 0 Å². The molecule has 0 unspecified atom stereocenters. The third-order valence-corrected chi connectivity index (χ3v) is 25.9. The molecule has 6 heteroatoms. The van der Waals surface area contributed by atoms with E-state index in [4.69, 9.17) is 0 Å². The van der Waals surface area contributed by atoms with Crippen molar-refractivity contribution in [2.45, 2.75) is 155 Å². The second kappa shape index (κ2) is 15.4. The average Bonchev–Trinajstić information content (AvgIpc) is 2.76. The second-order valence-corrected chi connectivity index (χ2v) is 22.7. The smallest absolute Gasteiger partial charge is 0.190 e. The number of unbranched alkanes of at least 4 members (excludes halogenated alkanes) is 6. The first kappa shape index (κ1) is 28.6. The van der Waals surface area contributed by atoms with Crippen molar-refractivity contribution in [3.8, 4) is 0 Å². The summed E-state index contributed by atoms with van der Waals surface area (Å²) in [6, 6.07) is 8.78. The molecule has 0 aromatic rings. The van der Waals surface area contributed by atoms with Crippen LogP contribution < -0.4 is 13.9 Å². The topological polar surface area (TPSA) is 36.1 Å². The van der Waals surface area contributed by atoms with Crippen molar-refractivity contribution in [2.24, 2.45) is 0 Å². The highest BCUT2D eigenvalue weighted by atomic mass is 28.5. The lowest BCUT2D eigenvalue weighted by atomic mass is 10.4. The Bertz CT molecular complexity index is 336. The van der Waals surface area contributed by atoms with Crippen LogP contribution in [0.2, 0.25) is 36.3 Å². The third kappa shape index (κ3) is 9.18. The molecule has 0 radical (unpaired) electrons. The molecule has 1 aliphatic heterocycles. The normalized spacial score (nSPS) is 19.8. The Balaban J connectivity index is 3.38. The molecule has 0 aliphatic carbocycles. The quantitative estimate of drug-likeness (QED) is 0.178. The van der Waals surface area contributed by atoms with E-state index in [-0.39, 0.29) is 0 Å². The van der Waals surface area contributed by atoms with Gasteiger partial charge in [-0.15, -0.1) is 0 Å². The molecule has 0 aromatic heterocycles. The highest BCUT2D eigenvalue weighted by molar-refractivity contribution is 7.06. The van der Waals surface area contributed by atoms with Gasteiger partial charge in [0.2, 0.25) is 0 Å². The van der Waals surface area contributed by atoms with Crippen LogP contribution in [0, 0.1) is 0 Å². The van der Waals surface area contributed by atoms with E-state index >= 15 is 0 Å². The summed E-state index contributed by atoms with van der Waals surface area (Å²) in [6.45, 7) is 14.3. The fourth-order valence-electron chi connectivity index (χ4n) is 5.46. The molecule has 0 saturated carbocycles. The first-order valence-electron chi connectivity index (χ1n) is 13.9. The molecule has 180 valence electrons. The molecule has 1 heterocycles. The molecule has 1 fully saturated rings. The van der Waals surface area contributed by atoms with Crippen LogP contribution >= 0.6 is 0 Å². The van der Waals surface area contributed by atoms with Crippen molar-refractivity contribution in [3.63, 3.8) is 0 Å². The first-order chi connectivity index (χ1) is 14.5. The van der Waals surface area contributed by atoms with Crippen LogP contribution in [0.4, 0.5) is 0 Å². The van der Waals surface area contributed by atoms with Gasteiger partial charge in [0.25, 0.3) is 0 Å². The summed E-state index contributed by atoms with van der Waals surface area (Å²) in [5, 5.41) is 0. The first-order valence-corrected chi connectivity index (χ1v) is 21.1. The Morgan fingerprint density at radius 1 is 0.333 bits per heavy atom. The molecule has 3 N–H and O–H groups in total. The lowest BCUT2D eigenvalue weighted by molar-refractivity contribution is 0.735. The largest absolute Gasteiger partial charge is 0.336 e. The van der Waals surface area contributed by atoms with Gasteiger partial charge in [0, 0.05) is 0 Å². The predicted molar refractivity (Wildman–Crippen MR) is 145 cm³/mol. The average molecular weight is 472 g/mol. The number of nitrogens with one attached hydrogen (secondary N) is 3. The monoisotopic (exact) mass is 471 g/mol. The third-order valence-electron chi connectivity index (χ3n) is 7.18. The van der Waals surface area contributed by atoms with Crippen molar-refractivity contribution in [1.82, 2.24) is 13.9 Å². The lowest BCUT2D eigenvalue weighted by Gasteiger charge is -2.57. The van der Waals surface area contributed by atoms with Crippen molar-refractivity contribution < 1.29 is 0 Å². The van der Waals surface area contributed by atoms with Crippen LogP contribution in [0.25, 0.3) is 0 Å². The van der Waals surface area contributed by atoms with Gasteiger partial charge < -0.3 is 13.9 Å². The fourth-order valence-corrected chi connectivity index (χ4v) is 31.4. The summed E-state index contributed by atoms with van der Waals surface area (Å²) in [5.74, 6) is 0. The van der Waals surface area contributed by atoms with E-state index in [1.165, 1.54) is 113 Å². The molecule has 3 nitrogen and oxygen atoms in total. The van der Waals surface area contributed by atoms with Gasteiger partial charge >= 0.3 is 0 Å². The Morgan fingerprint density at radius 3 is 0.633 bits per heavy atom. The minimum absolute atomic E-state index is 1.34. The van der Waals surface area contributed by atoms with Crippen molar-refractivity contribution in [1.29, 1.82) is 0 Å². The van der Waals surface area contributed by atoms with E-state index < -0.39 is 25.2 Å². The van der Waals surface area contributed by atoms with Crippen LogP contribution in [0.1, 0.15) is 119 Å². The van der Waals surface area contributed by atoms with Gasteiger partial charge in [0.05, 0.1) is 0 Å². The van der Waals surface area contributed by atoms with Gasteiger partial charge in [-0.3, -0.25) is 0 Å². The van der Waals surface area contributed by atoms with Crippen LogP contribution in [-0.4, -0.2) is 25.2 Å². The molecule has 0 bridgehead atoms. The Hall–Kier alpha value is 0.531. The predicted octanol–water partition coefficient (Wildman–Crippen LogP) is 7.90. The molecule has 1 aliphatic rings. The van der Waals surface area contributed by atoms with Gasteiger partial charge in [-0.1, -0.05) is 119 Å². The maximum Gasteiger partial charge on any atom is 0.190 e. The summed E-state index contributed by atoms with van der Waals surface area (Å²) in [7, 11) is -4.90. The van der Waals surface area contributed by atoms with E-state index in [0.29, 0.717) is 0 Å². The maximum atomic E-state index is 4.62. The van der Waals surface area contributed by atoms with Gasteiger partial charge in [-0.05, 0) is 36.3 Å². The minimum Gasteiger partial charge on any atom is -0.336 e. The van der Waals surface area contributed by atoms with Crippen molar-refractivity contribution in [3.05, 3.63) is 0 Å². The second-order valence-electron chi connectivity index (χ2n) is 10.2. The number of hydrogen-bond donors (Lipinski definition) is 3. The Kier molecular flexibility index (Phi) is 14.6. The van der Waals surface area contributed by atoms with Crippen LogP contribution in [0.15, 0.2) is 0 Å². The van der Waals surface area contributed by atoms with Gasteiger partial charge in [-0.2, -0.15) is 0 Å². The standard InChI is InChI=1S/C24H57N3Si3/c1-7-13-19-28(20-14-8-2)25-29(21-15-9-3,22-16-10-4)27-30(26-28,23-17-11-5)24-18-12-6/h25-27H,7-24H2,1-6H3. The summed E-state index contributed by atoms with van der Waals surface area (Å²) >= 11 is 0. The molecule has 0 aromatic carbocycles. The minimum atomic E-state index is -1.63. The molecule has 0 spiro atoms. The lowest BCUT2D eigenvalue weighted by Crippen LogP contribution is -2.92. The van der Waals surface area contributed by atoms with Crippen molar-refractivity contribution >= 4 is 25.2 Å². The molecule has 30 heavy (non-hydrogen) atoms. The highest BCUT2D eigenvalue weighted by Gasteiger charge is 2.55. The van der Waals surface area contributed by atoms with E-state index in [1.54, 1.807) is 0 Å². The van der Waals surface area contributed by atoms with E-state index in [1.807, 2.05) is 0 Å². The molecular formula is C24H57N3Si3. The highest BCUT2D eigenvalue weighted by Crippen LogP contribution is 2.33. The summed E-state index contributed by atoms with van der Waals surface area (Å²) in [5.41, 5.74) is 0. The van der Waals surface area contributed by atoms with Gasteiger partial charge in [0.1, 0.15) is 0 Å². The zero-order chi connectivity index (χ0) is 22.3. The molecule has 0 atom stereocenters. The maximum absolute atomic E-state index is 4.62. The number of rotatable bonds is 18. The molecule has 1 rings (SSSR count). The SMILES string of the molecule is CCCC[Si]1(CCCC)N[Si](CCCC)(CCCC)N[Si](CCCC)(CCCC)N1. The van der Waals surface area contributed by atoms with E-state index in [0.717, 1.165) is 0 Å². The van der Waals surface area contributed by atoms with Crippen LogP contribution in [0.5, 0.6) is 0 Å². The summed E-state index contributed by atoms with van der Waals surface area (Å²) < 4.78 is 13.9. The van der Waals surface area contributed by atoms with Gasteiger partial charge in [0.15, 0.2) is 25.2 Å². The van der Waals surface area contributed by atoms with Crippen LogP contribution in [-0.2, 0) is 0 Å². The van der Waals surface area contributed by atoms with Gasteiger partial charge in [-0.25, -0.2) is 0 Å².